The van der Waals surface area contributed by atoms with E-state index < -0.39 is 12.0 Å². The molecule has 1 aromatic rings. The molecule has 2 aliphatic rings. The van der Waals surface area contributed by atoms with Gasteiger partial charge in [0.15, 0.2) is 0 Å². The molecule has 106 valence electrons. The van der Waals surface area contributed by atoms with Gasteiger partial charge in [0, 0.05) is 11.9 Å². The van der Waals surface area contributed by atoms with Gasteiger partial charge >= 0.3 is 5.97 Å². The zero-order chi connectivity index (χ0) is 14.3. The Morgan fingerprint density at radius 1 is 1.40 bits per heavy atom. The second-order valence-electron chi connectivity index (χ2n) is 5.00. The first-order valence-electron chi connectivity index (χ1n) is 6.36. The molecule has 7 heteroatoms. The Labute approximate surface area is 125 Å². The summed E-state index contributed by atoms with van der Waals surface area (Å²) in [5, 5.41) is 9.58. The van der Waals surface area contributed by atoms with Crippen LogP contribution in [0.25, 0.3) is 0 Å². The minimum absolute atomic E-state index is 0.0284. The molecule has 1 saturated heterocycles. The first kappa shape index (κ1) is 13.7. The second kappa shape index (κ2) is 5.26. The summed E-state index contributed by atoms with van der Waals surface area (Å²) in [6.07, 6.45) is 3.52. The van der Waals surface area contributed by atoms with Crippen molar-refractivity contribution >= 4 is 35.2 Å². The highest BCUT2D eigenvalue weighted by atomic mass is 35.5. The average molecular weight is 313 g/mol. The van der Waals surface area contributed by atoms with E-state index in [0.717, 1.165) is 12.8 Å². The van der Waals surface area contributed by atoms with E-state index in [-0.39, 0.29) is 11.3 Å². The molecule has 2 heterocycles. The van der Waals surface area contributed by atoms with Gasteiger partial charge in [-0.15, -0.1) is 11.8 Å². The van der Waals surface area contributed by atoms with Crippen LogP contribution in [-0.2, 0) is 4.79 Å². The molecule has 0 spiro atoms. The summed E-state index contributed by atoms with van der Waals surface area (Å²) in [7, 11) is 0. The standard InChI is InChI=1S/C13H13ClN2O3S/c14-10-4-3-8(5-15-10)11(17)16-9(13(18)19)6-20-12(16)7-1-2-7/h3-5,7,9,12H,1-2,6H2,(H,18,19). The fourth-order valence-corrected chi connectivity index (χ4v) is 4.11. The van der Waals surface area contributed by atoms with Crippen LogP contribution in [0.5, 0.6) is 0 Å². The van der Waals surface area contributed by atoms with Crippen LogP contribution in [-0.4, -0.2) is 44.0 Å². The lowest BCUT2D eigenvalue weighted by atomic mass is 10.2. The molecule has 5 nitrogen and oxygen atoms in total. The molecule has 3 rings (SSSR count). The Morgan fingerprint density at radius 2 is 2.15 bits per heavy atom. The van der Waals surface area contributed by atoms with Gasteiger partial charge in [0.05, 0.1) is 10.9 Å². The van der Waals surface area contributed by atoms with Gasteiger partial charge in [-0.25, -0.2) is 9.78 Å². The summed E-state index contributed by atoms with van der Waals surface area (Å²) in [4.78, 5) is 29.3. The third-order valence-corrected chi connectivity index (χ3v) is 5.24. The SMILES string of the molecule is O=C(O)C1CSC(C2CC2)N1C(=O)c1ccc(Cl)nc1. The number of aliphatic carboxylic acids is 1. The lowest BCUT2D eigenvalue weighted by Gasteiger charge is -2.27. The van der Waals surface area contributed by atoms with Crippen molar-refractivity contribution in [3.05, 3.63) is 29.0 Å². The van der Waals surface area contributed by atoms with Crippen LogP contribution in [0.15, 0.2) is 18.3 Å². The third kappa shape index (κ3) is 2.50. The number of amides is 1. The van der Waals surface area contributed by atoms with E-state index in [1.807, 2.05) is 0 Å². The predicted molar refractivity (Wildman–Crippen MR) is 75.8 cm³/mol. The number of rotatable bonds is 3. The number of thioether (sulfide) groups is 1. The molecular formula is C13H13ClN2O3S. The second-order valence-corrected chi connectivity index (χ2v) is 6.53. The van der Waals surface area contributed by atoms with E-state index in [1.165, 1.54) is 11.1 Å². The lowest BCUT2D eigenvalue weighted by Crippen LogP contribution is -2.46. The number of nitrogens with zero attached hydrogens (tertiary/aromatic N) is 2. The molecule has 1 amide bonds. The Hall–Kier alpha value is -1.27. The number of aromatic nitrogens is 1. The van der Waals surface area contributed by atoms with Crippen LogP contribution in [0, 0.1) is 5.92 Å². The van der Waals surface area contributed by atoms with Crippen molar-refractivity contribution in [2.75, 3.05) is 5.75 Å². The summed E-state index contributed by atoms with van der Waals surface area (Å²) in [6.45, 7) is 0. The number of pyridine rings is 1. The minimum atomic E-state index is -0.948. The van der Waals surface area contributed by atoms with Crippen molar-refractivity contribution in [2.24, 2.45) is 5.92 Å². The Bertz CT molecular complexity index is 547. The van der Waals surface area contributed by atoms with Crippen LogP contribution < -0.4 is 0 Å². The van der Waals surface area contributed by atoms with Crippen molar-refractivity contribution in [2.45, 2.75) is 24.3 Å². The largest absolute Gasteiger partial charge is 0.480 e. The molecule has 20 heavy (non-hydrogen) atoms. The Morgan fingerprint density at radius 3 is 2.70 bits per heavy atom. The van der Waals surface area contributed by atoms with Crippen molar-refractivity contribution in [3.63, 3.8) is 0 Å². The van der Waals surface area contributed by atoms with E-state index in [9.17, 15) is 14.7 Å². The Balaban J connectivity index is 1.88. The fraction of sp³-hybridized carbons (Fsp3) is 0.462. The number of hydrogen-bond donors (Lipinski definition) is 1. The molecule has 0 aromatic carbocycles. The molecule has 2 fully saturated rings. The number of hydrogen-bond acceptors (Lipinski definition) is 4. The van der Waals surface area contributed by atoms with Crippen LogP contribution in [0.1, 0.15) is 23.2 Å². The summed E-state index contributed by atoms with van der Waals surface area (Å²) >= 11 is 7.27. The number of carbonyl (C=O) groups excluding carboxylic acids is 1. The molecule has 0 bridgehead atoms. The first-order chi connectivity index (χ1) is 9.58. The first-order valence-corrected chi connectivity index (χ1v) is 7.79. The molecule has 2 atom stereocenters. The summed E-state index contributed by atoms with van der Waals surface area (Å²) in [6, 6.07) is 2.37. The van der Waals surface area contributed by atoms with Gasteiger partial charge in [0.2, 0.25) is 0 Å². The maximum absolute atomic E-state index is 12.6. The predicted octanol–water partition coefficient (Wildman–Crippen LogP) is 2.11. The number of halogens is 1. The van der Waals surface area contributed by atoms with Crippen LogP contribution in [0.4, 0.5) is 0 Å². The smallest absolute Gasteiger partial charge is 0.327 e. The number of carbonyl (C=O) groups is 2. The lowest BCUT2D eigenvalue weighted by molar-refractivity contribution is -0.141. The van der Waals surface area contributed by atoms with Crippen LogP contribution >= 0.6 is 23.4 Å². The number of carboxylic acids is 1. The van der Waals surface area contributed by atoms with E-state index in [0.29, 0.717) is 22.4 Å². The molecule has 1 saturated carbocycles. The molecule has 1 aromatic heterocycles. The third-order valence-electron chi connectivity index (χ3n) is 3.55. The monoisotopic (exact) mass is 312 g/mol. The van der Waals surface area contributed by atoms with E-state index in [1.54, 1.807) is 23.9 Å². The highest BCUT2D eigenvalue weighted by molar-refractivity contribution is 8.00. The zero-order valence-electron chi connectivity index (χ0n) is 10.5. The average Bonchev–Trinajstić information content (AvgIpc) is 3.17. The molecule has 2 unspecified atom stereocenters. The van der Waals surface area contributed by atoms with Gasteiger partial charge in [0.1, 0.15) is 11.2 Å². The Kier molecular flexibility index (Phi) is 3.60. The van der Waals surface area contributed by atoms with Crippen LogP contribution in [0.3, 0.4) is 0 Å². The van der Waals surface area contributed by atoms with Gasteiger partial charge in [-0.3, -0.25) is 4.79 Å². The van der Waals surface area contributed by atoms with E-state index in [2.05, 4.69) is 4.98 Å². The van der Waals surface area contributed by atoms with Gasteiger partial charge in [0.25, 0.3) is 5.91 Å². The summed E-state index contributed by atoms with van der Waals surface area (Å²) < 4.78 is 0. The van der Waals surface area contributed by atoms with E-state index in [4.69, 9.17) is 11.6 Å². The fourth-order valence-electron chi connectivity index (χ4n) is 2.37. The van der Waals surface area contributed by atoms with Crippen molar-refractivity contribution in [3.8, 4) is 0 Å². The number of carboxylic acid groups (broad SMARTS) is 1. The van der Waals surface area contributed by atoms with Gasteiger partial charge in [-0.1, -0.05) is 11.6 Å². The quantitative estimate of drug-likeness (QED) is 0.866. The van der Waals surface area contributed by atoms with Gasteiger partial charge < -0.3 is 10.0 Å². The molecule has 1 N–H and O–H groups in total. The zero-order valence-corrected chi connectivity index (χ0v) is 12.1. The van der Waals surface area contributed by atoms with Crippen molar-refractivity contribution < 1.29 is 14.7 Å². The molecular weight excluding hydrogens is 300 g/mol. The highest BCUT2D eigenvalue weighted by Crippen LogP contribution is 2.45. The van der Waals surface area contributed by atoms with E-state index >= 15 is 0 Å². The minimum Gasteiger partial charge on any atom is -0.480 e. The summed E-state index contributed by atoms with van der Waals surface area (Å²) in [5.74, 6) is -0.351. The van der Waals surface area contributed by atoms with Crippen LogP contribution in [0.2, 0.25) is 5.15 Å². The normalized spacial score (nSPS) is 25.8. The van der Waals surface area contributed by atoms with Gasteiger partial charge in [-0.05, 0) is 30.9 Å². The maximum atomic E-state index is 12.6. The topological polar surface area (TPSA) is 70.5 Å². The molecule has 0 radical (unpaired) electrons. The molecule has 1 aliphatic heterocycles. The van der Waals surface area contributed by atoms with Crippen molar-refractivity contribution in [1.82, 2.24) is 9.88 Å². The highest BCUT2D eigenvalue weighted by Gasteiger charge is 2.48. The molecule has 1 aliphatic carbocycles. The van der Waals surface area contributed by atoms with Crippen molar-refractivity contribution in [1.29, 1.82) is 0 Å². The summed E-state index contributed by atoms with van der Waals surface area (Å²) in [5.41, 5.74) is 0.383. The maximum Gasteiger partial charge on any atom is 0.327 e. The van der Waals surface area contributed by atoms with Gasteiger partial charge in [-0.2, -0.15) is 0 Å².